The van der Waals surface area contributed by atoms with Crippen molar-refractivity contribution in [1.82, 2.24) is 5.32 Å². The average Bonchev–Trinajstić information content (AvgIpc) is 3.04. The number of carbonyl (C=O) groups excluding carboxylic acids is 1. The van der Waals surface area contributed by atoms with E-state index in [1.807, 2.05) is 24.3 Å². The van der Waals surface area contributed by atoms with Crippen molar-refractivity contribution in [1.29, 1.82) is 0 Å². The molecule has 2 N–H and O–H groups in total. The van der Waals surface area contributed by atoms with Crippen molar-refractivity contribution < 1.29 is 19.4 Å². The van der Waals surface area contributed by atoms with E-state index in [1.54, 1.807) is 0 Å². The van der Waals surface area contributed by atoms with Crippen molar-refractivity contribution >= 4 is 12.1 Å². The topological polar surface area (TPSA) is 75.6 Å². The first-order valence-corrected chi connectivity index (χ1v) is 11.0. The van der Waals surface area contributed by atoms with Crippen molar-refractivity contribution in [2.45, 2.75) is 56.9 Å². The molecule has 2 aromatic rings. The molecule has 1 saturated carbocycles. The Morgan fingerprint density at radius 3 is 2.00 bits per heavy atom. The Hall–Kier alpha value is -2.82. The van der Waals surface area contributed by atoms with Gasteiger partial charge in [0.2, 0.25) is 0 Å². The van der Waals surface area contributed by atoms with E-state index < -0.39 is 18.1 Å². The summed E-state index contributed by atoms with van der Waals surface area (Å²) in [5, 5.41) is 12.4. The normalized spacial score (nSPS) is 17.9. The molecular formula is C25H29NO4. The molecule has 0 saturated heterocycles. The highest BCUT2D eigenvalue weighted by atomic mass is 16.5. The van der Waals surface area contributed by atoms with E-state index in [1.165, 1.54) is 17.5 Å². The highest BCUT2D eigenvalue weighted by Gasteiger charge is 2.32. The van der Waals surface area contributed by atoms with Crippen molar-refractivity contribution in [3.63, 3.8) is 0 Å². The molecule has 0 aromatic heterocycles. The van der Waals surface area contributed by atoms with Gasteiger partial charge in [0.05, 0.1) is 0 Å². The van der Waals surface area contributed by atoms with Crippen molar-refractivity contribution in [2.24, 2.45) is 5.92 Å². The summed E-state index contributed by atoms with van der Waals surface area (Å²) >= 11 is 0. The highest BCUT2D eigenvalue weighted by molar-refractivity contribution is 5.81. The van der Waals surface area contributed by atoms with Crippen LogP contribution in [0.4, 0.5) is 4.79 Å². The molecule has 0 spiro atoms. The van der Waals surface area contributed by atoms with Crippen LogP contribution in [0.3, 0.4) is 0 Å². The Morgan fingerprint density at radius 1 is 0.900 bits per heavy atom. The molecule has 2 aliphatic carbocycles. The van der Waals surface area contributed by atoms with E-state index in [0.29, 0.717) is 0 Å². The minimum atomic E-state index is -0.978. The van der Waals surface area contributed by atoms with Gasteiger partial charge >= 0.3 is 12.1 Å². The van der Waals surface area contributed by atoms with E-state index in [2.05, 4.69) is 29.6 Å². The van der Waals surface area contributed by atoms with Crippen LogP contribution in [0.2, 0.25) is 0 Å². The molecule has 0 bridgehead atoms. The quantitative estimate of drug-likeness (QED) is 0.702. The van der Waals surface area contributed by atoms with Crippen LogP contribution in [0.5, 0.6) is 0 Å². The SMILES string of the molecule is O=C(NC(C(=O)O)C1CCCCCCC1)OCC1c2ccccc2-c2ccccc21. The predicted molar refractivity (Wildman–Crippen MR) is 115 cm³/mol. The molecule has 0 heterocycles. The second-order valence-electron chi connectivity index (χ2n) is 8.39. The lowest BCUT2D eigenvalue weighted by Crippen LogP contribution is -2.46. The minimum absolute atomic E-state index is 0.0344. The molecule has 2 aliphatic rings. The second kappa shape index (κ2) is 9.33. The van der Waals surface area contributed by atoms with E-state index in [9.17, 15) is 14.7 Å². The van der Waals surface area contributed by atoms with Crippen molar-refractivity contribution in [2.75, 3.05) is 6.61 Å². The average molecular weight is 408 g/mol. The van der Waals surface area contributed by atoms with Crippen LogP contribution in [-0.4, -0.2) is 29.8 Å². The van der Waals surface area contributed by atoms with Gasteiger partial charge in [0, 0.05) is 5.92 Å². The lowest BCUT2D eigenvalue weighted by molar-refractivity contribution is -0.141. The smallest absolute Gasteiger partial charge is 0.407 e. The Morgan fingerprint density at radius 2 is 1.43 bits per heavy atom. The number of fused-ring (bicyclic) bond motifs is 3. The number of rotatable bonds is 5. The molecule has 2 aromatic carbocycles. The van der Waals surface area contributed by atoms with Gasteiger partial charge < -0.3 is 15.2 Å². The first kappa shape index (κ1) is 20.5. The number of hydrogen-bond donors (Lipinski definition) is 2. The van der Waals surface area contributed by atoms with Gasteiger partial charge in [-0.3, -0.25) is 0 Å². The van der Waals surface area contributed by atoms with E-state index >= 15 is 0 Å². The lowest BCUT2D eigenvalue weighted by atomic mass is 9.86. The first-order chi connectivity index (χ1) is 14.6. The zero-order chi connectivity index (χ0) is 20.9. The zero-order valence-electron chi connectivity index (χ0n) is 17.2. The highest BCUT2D eigenvalue weighted by Crippen LogP contribution is 2.44. The monoisotopic (exact) mass is 407 g/mol. The number of carbonyl (C=O) groups is 2. The van der Waals surface area contributed by atoms with Crippen LogP contribution >= 0.6 is 0 Å². The third-order valence-corrected chi connectivity index (χ3v) is 6.50. The number of nitrogens with one attached hydrogen (secondary N) is 1. The fourth-order valence-corrected chi connectivity index (χ4v) is 4.97. The summed E-state index contributed by atoms with van der Waals surface area (Å²) in [6.45, 7) is 0.191. The molecule has 0 radical (unpaired) electrons. The molecule has 1 fully saturated rings. The summed E-state index contributed by atoms with van der Waals surface area (Å²) in [6.07, 6.45) is 6.53. The molecule has 0 aliphatic heterocycles. The second-order valence-corrected chi connectivity index (χ2v) is 8.39. The lowest BCUT2D eigenvalue weighted by Gasteiger charge is -2.26. The van der Waals surface area contributed by atoms with E-state index in [4.69, 9.17) is 4.74 Å². The summed E-state index contributed by atoms with van der Waals surface area (Å²) in [6, 6.07) is 15.4. The van der Waals surface area contributed by atoms with Gasteiger partial charge in [-0.25, -0.2) is 9.59 Å². The number of ether oxygens (including phenoxy) is 1. The summed E-state index contributed by atoms with van der Waals surface area (Å²) in [7, 11) is 0. The maximum Gasteiger partial charge on any atom is 0.407 e. The van der Waals surface area contributed by atoms with Gasteiger partial charge in [-0.2, -0.15) is 0 Å². The van der Waals surface area contributed by atoms with Crippen LogP contribution in [0.15, 0.2) is 48.5 Å². The molecule has 1 amide bonds. The third-order valence-electron chi connectivity index (χ3n) is 6.50. The number of alkyl carbamates (subject to hydrolysis) is 1. The number of amides is 1. The Labute approximate surface area is 177 Å². The predicted octanol–water partition coefficient (Wildman–Crippen LogP) is 5.34. The number of carboxylic acids is 1. The number of carboxylic acid groups (broad SMARTS) is 1. The molecule has 1 unspecified atom stereocenters. The van der Waals surface area contributed by atoms with Gasteiger partial charge in [0.15, 0.2) is 0 Å². The molecule has 1 atom stereocenters. The fraction of sp³-hybridized carbons (Fsp3) is 0.440. The molecule has 5 heteroatoms. The molecule has 4 rings (SSSR count). The molecule has 158 valence electrons. The molecule has 5 nitrogen and oxygen atoms in total. The van der Waals surface area contributed by atoms with Gasteiger partial charge in [-0.05, 0) is 41.0 Å². The van der Waals surface area contributed by atoms with E-state index in [-0.39, 0.29) is 18.4 Å². The Bertz CT molecular complexity index is 856. The standard InChI is InChI=1S/C25H29NO4/c27-24(28)23(17-10-4-2-1-3-5-11-17)26-25(29)30-16-22-20-14-8-6-12-18(20)19-13-7-9-15-21(19)22/h6-9,12-15,17,22-23H,1-5,10-11,16H2,(H,26,29)(H,27,28). The first-order valence-electron chi connectivity index (χ1n) is 11.0. The maximum absolute atomic E-state index is 12.5. The van der Waals surface area contributed by atoms with Gasteiger partial charge in [0.25, 0.3) is 0 Å². The van der Waals surface area contributed by atoms with Crippen LogP contribution in [0, 0.1) is 5.92 Å². The van der Waals surface area contributed by atoms with Crippen LogP contribution in [-0.2, 0) is 9.53 Å². The van der Waals surface area contributed by atoms with Crippen molar-refractivity contribution in [3.05, 3.63) is 59.7 Å². The Balaban J connectivity index is 1.42. The van der Waals surface area contributed by atoms with E-state index in [0.717, 1.165) is 49.7 Å². The minimum Gasteiger partial charge on any atom is -0.480 e. The van der Waals surface area contributed by atoms with Crippen LogP contribution < -0.4 is 5.32 Å². The largest absolute Gasteiger partial charge is 0.480 e. The summed E-state index contributed by atoms with van der Waals surface area (Å²) < 4.78 is 5.55. The molecule has 30 heavy (non-hydrogen) atoms. The number of hydrogen-bond acceptors (Lipinski definition) is 3. The van der Waals surface area contributed by atoms with Crippen molar-refractivity contribution in [3.8, 4) is 11.1 Å². The third kappa shape index (κ3) is 4.35. The summed E-state index contributed by atoms with van der Waals surface area (Å²) in [4.78, 5) is 24.4. The van der Waals surface area contributed by atoms with Gasteiger partial charge in [-0.1, -0.05) is 80.6 Å². The van der Waals surface area contributed by atoms with Gasteiger partial charge in [-0.15, -0.1) is 0 Å². The summed E-state index contributed by atoms with van der Waals surface area (Å²) in [5.41, 5.74) is 4.61. The van der Waals surface area contributed by atoms with Crippen LogP contribution in [0.25, 0.3) is 11.1 Å². The van der Waals surface area contributed by atoms with Gasteiger partial charge in [0.1, 0.15) is 12.6 Å². The fourth-order valence-electron chi connectivity index (χ4n) is 4.97. The molecular weight excluding hydrogens is 378 g/mol. The number of benzene rings is 2. The maximum atomic E-state index is 12.5. The summed E-state index contributed by atoms with van der Waals surface area (Å²) in [5.74, 6) is -1.05. The van der Waals surface area contributed by atoms with Crippen LogP contribution in [0.1, 0.15) is 62.0 Å². The zero-order valence-corrected chi connectivity index (χ0v) is 17.2. The Kier molecular flexibility index (Phi) is 6.36. The number of aliphatic carboxylic acids is 1.